The number of thiazole rings is 1. The van der Waals surface area contributed by atoms with Crippen LogP contribution in [0.15, 0.2) is 36.0 Å². The smallest absolute Gasteiger partial charge is 0.184 e. The summed E-state index contributed by atoms with van der Waals surface area (Å²) < 4.78 is 5.08. The molecule has 5 nitrogen and oxygen atoms in total. The average Bonchev–Trinajstić information content (AvgIpc) is 3.16. The Hall–Kier alpha value is -2.05. The Balaban J connectivity index is 1.79. The number of benzene rings is 1. The van der Waals surface area contributed by atoms with Crippen LogP contribution in [0.25, 0.3) is 22.1 Å². The number of ether oxygens (including phenoxy) is 1. The summed E-state index contributed by atoms with van der Waals surface area (Å²) in [7, 11) is 1.72. The van der Waals surface area contributed by atoms with Gasteiger partial charge in [0.1, 0.15) is 6.33 Å². The topological polar surface area (TPSA) is 63.7 Å². The Labute approximate surface area is 120 Å². The predicted octanol–water partition coefficient (Wildman–Crippen LogP) is 2.78. The molecular formula is C14H14N4OS. The molecule has 0 aliphatic heterocycles. The standard InChI is InChI=1S/C14H14N4OS/c1-19-7-6-10-2-4-11(5-3-10)12-8-20-14(17-12)13-15-9-16-18-13/h2-5,8-9H,6-7H2,1H3,(H,15,16,18). The average molecular weight is 286 g/mol. The molecule has 2 aromatic heterocycles. The SMILES string of the molecule is COCCc1ccc(-c2csc(-c3ncn[nH]3)n2)cc1. The van der Waals surface area contributed by atoms with Crippen LogP contribution >= 0.6 is 11.3 Å². The number of aromatic amines is 1. The summed E-state index contributed by atoms with van der Waals surface area (Å²) in [5.74, 6) is 0.706. The molecule has 0 aliphatic carbocycles. The van der Waals surface area contributed by atoms with E-state index in [1.54, 1.807) is 18.4 Å². The first-order valence-electron chi connectivity index (χ1n) is 6.26. The lowest BCUT2D eigenvalue weighted by Crippen LogP contribution is -1.93. The second-order valence-corrected chi connectivity index (χ2v) is 5.17. The van der Waals surface area contributed by atoms with Gasteiger partial charge < -0.3 is 4.74 Å². The van der Waals surface area contributed by atoms with Gasteiger partial charge in [-0.05, 0) is 12.0 Å². The van der Waals surface area contributed by atoms with Gasteiger partial charge in [-0.1, -0.05) is 24.3 Å². The van der Waals surface area contributed by atoms with Crippen LogP contribution in [0.3, 0.4) is 0 Å². The van der Waals surface area contributed by atoms with Crippen molar-refractivity contribution in [3.05, 3.63) is 41.5 Å². The monoisotopic (exact) mass is 286 g/mol. The van der Waals surface area contributed by atoms with Crippen molar-refractivity contribution in [1.82, 2.24) is 20.2 Å². The molecule has 3 rings (SSSR count). The van der Waals surface area contributed by atoms with Crippen LogP contribution in [0.5, 0.6) is 0 Å². The molecule has 0 amide bonds. The Morgan fingerprint density at radius 2 is 2.10 bits per heavy atom. The zero-order chi connectivity index (χ0) is 13.8. The number of hydrogen-bond acceptors (Lipinski definition) is 5. The van der Waals surface area contributed by atoms with Crippen molar-refractivity contribution in [1.29, 1.82) is 0 Å². The molecule has 0 spiro atoms. The first kappa shape index (κ1) is 13.0. The molecule has 0 atom stereocenters. The van der Waals surface area contributed by atoms with Gasteiger partial charge in [0, 0.05) is 18.1 Å². The van der Waals surface area contributed by atoms with Gasteiger partial charge in [-0.15, -0.1) is 11.3 Å². The van der Waals surface area contributed by atoms with Crippen LogP contribution in [-0.4, -0.2) is 33.9 Å². The summed E-state index contributed by atoms with van der Waals surface area (Å²) in [5.41, 5.74) is 3.33. The third kappa shape index (κ3) is 2.76. The van der Waals surface area contributed by atoms with E-state index < -0.39 is 0 Å². The van der Waals surface area contributed by atoms with Gasteiger partial charge in [-0.25, -0.2) is 9.97 Å². The summed E-state index contributed by atoms with van der Waals surface area (Å²) in [6.45, 7) is 0.742. The number of rotatable bonds is 5. The Bertz CT molecular complexity index is 661. The number of aromatic nitrogens is 4. The van der Waals surface area contributed by atoms with E-state index in [0.717, 1.165) is 29.3 Å². The predicted molar refractivity (Wildman–Crippen MR) is 78.5 cm³/mol. The van der Waals surface area contributed by atoms with Gasteiger partial charge in [0.05, 0.1) is 12.3 Å². The van der Waals surface area contributed by atoms with E-state index in [4.69, 9.17) is 4.74 Å². The minimum absolute atomic E-state index is 0.706. The first-order valence-corrected chi connectivity index (χ1v) is 7.14. The summed E-state index contributed by atoms with van der Waals surface area (Å²) in [4.78, 5) is 8.68. The molecule has 0 saturated carbocycles. The van der Waals surface area contributed by atoms with Gasteiger partial charge in [0.15, 0.2) is 10.8 Å². The van der Waals surface area contributed by atoms with Crippen molar-refractivity contribution >= 4 is 11.3 Å². The maximum Gasteiger partial charge on any atom is 0.184 e. The summed E-state index contributed by atoms with van der Waals surface area (Å²) in [5, 5.41) is 9.54. The molecule has 102 valence electrons. The van der Waals surface area contributed by atoms with E-state index in [-0.39, 0.29) is 0 Å². The Morgan fingerprint density at radius 1 is 1.25 bits per heavy atom. The lowest BCUT2D eigenvalue weighted by Gasteiger charge is -2.01. The van der Waals surface area contributed by atoms with Crippen molar-refractivity contribution in [3.63, 3.8) is 0 Å². The van der Waals surface area contributed by atoms with E-state index in [1.807, 2.05) is 5.38 Å². The largest absolute Gasteiger partial charge is 0.384 e. The zero-order valence-corrected chi connectivity index (χ0v) is 11.9. The molecule has 0 fully saturated rings. The van der Waals surface area contributed by atoms with Crippen molar-refractivity contribution in [2.45, 2.75) is 6.42 Å². The van der Waals surface area contributed by atoms with Crippen LogP contribution in [-0.2, 0) is 11.2 Å². The quantitative estimate of drug-likeness (QED) is 0.783. The van der Waals surface area contributed by atoms with E-state index in [2.05, 4.69) is 44.4 Å². The van der Waals surface area contributed by atoms with Crippen molar-refractivity contribution in [3.8, 4) is 22.1 Å². The lowest BCUT2D eigenvalue weighted by atomic mass is 10.1. The normalized spacial score (nSPS) is 10.8. The molecule has 6 heteroatoms. The van der Waals surface area contributed by atoms with Crippen LogP contribution in [0.1, 0.15) is 5.56 Å². The third-order valence-corrected chi connectivity index (χ3v) is 3.82. The van der Waals surface area contributed by atoms with Crippen molar-refractivity contribution in [2.24, 2.45) is 0 Å². The first-order chi connectivity index (χ1) is 9.86. The van der Waals surface area contributed by atoms with E-state index >= 15 is 0 Å². The molecular weight excluding hydrogens is 272 g/mol. The van der Waals surface area contributed by atoms with E-state index in [0.29, 0.717) is 5.82 Å². The number of hydrogen-bond donors (Lipinski definition) is 1. The van der Waals surface area contributed by atoms with Crippen LogP contribution in [0.2, 0.25) is 0 Å². The Kier molecular flexibility index (Phi) is 3.85. The number of methoxy groups -OCH3 is 1. The number of nitrogens with one attached hydrogen (secondary N) is 1. The number of H-pyrrole nitrogens is 1. The van der Waals surface area contributed by atoms with Gasteiger partial charge in [0.25, 0.3) is 0 Å². The number of nitrogens with zero attached hydrogens (tertiary/aromatic N) is 3. The summed E-state index contributed by atoms with van der Waals surface area (Å²) in [6.07, 6.45) is 2.41. The molecule has 0 unspecified atom stereocenters. The van der Waals surface area contributed by atoms with Crippen LogP contribution in [0, 0.1) is 0 Å². The third-order valence-electron chi connectivity index (χ3n) is 2.97. The van der Waals surface area contributed by atoms with Crippen LogP contribution in [0.4, 0.5) is 0 Å². The highest BCUT2D eigenvalue weighted by Crippen LogP contribution is 2.26. The highest BCUT2D eigenvalue weighted by atomic mass is 32.1. The minimum atomic E-state index is 0.706. The van der Waals surface area contributed by atoms with Crippen LogP contribution < -0.4 is 0 Å². The molecule has 0 aliphatic rings. The summed E-state index contributed by atoms with van der Waals surface area (Å²) >= 11 is 1.56. The van der Waals surface area contributed by atoms with Gasteiger partial charge in [-0.3, -0.25) is 5.10 Å². The highest BCUT2D eigenvalue weighted by Gasteiger charge is 2.08. The fraction of sp³-hybridized carbons (Fsp3) is 0.214. The fourth-order valence-electron chi connectivity index (χ4n) is 1.89. The second kappa shape index (κ2) is 5.94. The fourth-order valence-corrected chi connectivity index (χ4v) is 2.66. The molecule has 0 bridgehead atoms. The molecule has 20 heavy (non-hydrogen) atoms. The van der Waals surface area contributed by atoms with Gasteiger partial charge in [-0.2, -0.15) is 5.10 Å². The lowest BCUT2D eigenvalue weighted by molar-refractivity contribution is 0.202. The molecule has 2 heterocycles. The van der Waals surface area contributed by atoms with Crippen molar-refractivity contribution in [2.75, 3.05) is 13.7 Å². The van der Waals surface area contributed by atoms with Gasteiger partial charge in [0.2, 0.25) is 0 Å². The molecule has 1 aromatic carbocycles. The second-order valence-electron chi connectivity index (χ2n) is 4.31. The maximum absolute atomic E-state index is 5.08. The van der Waals surface area contributed by atoms with Crippen molar-refractivity contribution < 1.29 is 4.74 Å². The summed E-state index contributed by atoms with van der Waals surface area (Å²) in [6, 6.07) is 8.40. The highest BCUT2D eigenvalue weighted by molar-refractivity contribution is 7.13. The molecule has 1 N–H and O–H groups in total. The maximum atomic E-state index is 5.08. The zero-order valence-electron chi connectivity index (χ0n) is 11.0. The molecule has 0 saturated heterocycles. The Morgan fingerprint density at radius 3 is 2.80 bits per heavy atom. The molecule has 0 radical (unpaired) electrons. The van der Waals surface area contributed by atoms with E-state index in [9.17, 15) is 0 Å². The minimum Gasteiger partial charge on any atom is -0.384 e. The molecule has 3 aromatic rings. The van der Waals surface area contributed by atoms with Gasteiger partial charge >= 0.3 is 0 Å². The van der Waals surface area contributed by atoms with E-state index in [1.165, 1.54) is 11.9 Å².